The van der Waals surface area contributed by atoms with Gasteiger partial charge in [-0.25, -0.2) is 4.79 Å². The molecule has 5 nitrogen and oxygen atoms in total. The molecule has 1 aromatic carbocycles. The highest BCUT2D eigenvalue weighted by atomic mass is 16.5. The summed E-state index contributed by atoms with van der Waals surface area (Å²) in [6.07, 6.45) is 1.11. The molecule has 0 aliphatic heterocycles. The quantitative estimate of drug-likeness (QED) is 0.905. The van der Waals surface area contributed by atoms with Crippen molar-refractivity contribution in [1.29, 1.82) is 0 Å². The number of nitrogens with zero attached hydrogens (tertiary/aromatic N) is 1. The first kappa shape index (κ1) is 15.4. The van der Waals surface area contributed by atoms with Gasteiger partial charge in [-0.3, -0.25) is 4.79 Å². The van der Waals surface area contributed by atoms with E-state index in [-0.39, 0.29) is 11.5 Å². The summed E-state index contributed by atoms with van der Waals surface area (Å²) in [5.41, 5.74) is 0.695. The van der Waals surface area contributed by atoms with E-state index in [1.54, 1.807) is 18.0 Å². The molecule has 0 spiro atoms. The summed E-state index contributed by atoms with van der Waals surface area (Å²) in [5.74, 6) is -0.373. The molecule has 0 saturated heterocycles. The number of carboxylic acid groups (broad SMARTS) is 1. The number of carboxylic acids is 1. The molecule has 1 unspecified atom stereocenters. The molecule has 1 saturated carbocycles. The van der Waals surface area contributed by atoms with Crippen LogP contribution in [0.5, 0.6) is 5.75 Å². The number of hydrogen-bond donors (Lipinski definition) is 1. The zero-order valence-corrected chi connectivity index (χ0v) is 12.8. The third kappa shape index (κ3) is 3.35. The molecule has 1 atom stereocenters. The van der Waals surface area contributed by atoms with Gasteiger partial charge in [0.2, 0.25) is 0 Å². The fraction of sp³-hybridized carbons (Fsp3) is 0.500. The highest BCUT2D eigenvalue weighted by molar-refractivity contribution is 5.98. The van der Waals surface area contributed by atoms with Crippen LogP contribution < -0.4 is 4.74 Å². The van der Waals surface area contributed by atoms with Gasteiger partial charge in [0.1, 0.15) is 5.75 Å². The Labute approximate surface area is 124 Å². The topological polar surface area (TPSA) is 66.8 Å². The fourth-order valence-electron chi connectivity index (χ4n) is 2.49. The summed E-state index contributed by atoms with van der Waals surface area (Å²) in [4.78, 5) is 25.2. The first-order valence-corrected chi connectivity index (χ1v) is 6.92. The molecule has 1 amide bonds. The van der Waals surface area contributed by atoms with Crippen molar-refractivity contribution >= 4 is 11.9 Å². The Morgan fingerprint density at radius 1 is 1.33 bits per heavy atom. The Balaban J connectivity index is 2.18. The lowest BCUT2D eigenvalue weighted by Crippen LogP contribution is -2.29. The molecule has 0 heterocycles. The maximum absolute atomic E-state index is 12.4. The minimum absolute atomic E-state index is 0.0536. The number of hydrogen-bond acceptors (Lipinski definition) is 3. The molecule has 0 aromatic heterocycles. The zero-order chi connectivity index (χ0) is 15.8. The van der Waals surface area contributed by atoms with Gasteiger partial charge >= 0.3 is 5.97 Å². The van der Waals surface area contributed by atoms with E-state index < -0.39 is 5.97 Å². The molecule has 5 heteroatoms. The number of benzene rings is 1. The molecule has 1 aliphatic carbocycles. The van der Waals surface area contributed by atoms with E-state index in [0.717, 1.165) is 6.42 Å². The minimum atomic E-state index is -1.08. The first-order chi connectivity index (χ1) is 9.74. The normalized spacial score (nSPS) is 19.0. The number of carbonyl (C=O) groups excluding carboxylic acids is 1. The lowest BCUT2D eigenvalue weighted by atomic mass is 10.1. The van der Waals surface area contributed by atoms with Crippen molar-refractivity contribution < 1.29 is 19.4 Å². The molecule has 0 bridgehead atoms. The number of rotatable bonds is 5. The van der Waals surface area contributed by atoms with E-state index in [9.17, 15) is 9.59 Å². The second-order valence-electron chi connectivity index (χ2n) is 6.33. The van der Waals surface area contributed by atoms with Gasteiger partial charge in [-0.05, 0) is 36.0 Å². The maximum atomic E-state index is 12.4. The molecule has 114 valence electrons. The van der Waals surface area contributed by atoms with Crippen LogP contribution in [0.15, 0.2) is 18.2 Å². The van der Waals surface area contributed by atoms with Crippen molar-refractivity contribution in [2.24, 2.45) is 11.3 Å². The monoisotopic (exact) mass is 291 g/mol. The molecular formula is C16H21NO4. The van der Waals surface area contributed by atoms with Gasteiger partial charge in [0.25, 0.3) is 5.91 Å². The van der Waals surface area contributed by atoms with E-state index in [1.165, 1.54) is 19.2 Å². The SMILES string of the molecule is COc1cc(C(=O)O)cc(C(=O)N(C)CC2CC2(C)C)c1. The van der Waals surface area contributed by atoms with Gasteiger partial charge in [-0.2, -0.15) is 0 Å². The van der Waals surface area contributed by atoms with E-state index in [1.807, 2.05) is 0 Å². The minimum Gasteiger partial charge on any atom is -0.497 e. The third-order valence-corrected chi connectivity index (χ3v) is 4.19. The summed E-state index contributed by atoms with van der Waals surface area (Å²) in [6.45, 7) is 5.06. The van der Waals surface area contributed by atoms with Crippen LogP contribution in [0.3, 0.4) is 0 Å². The predicted molar refractivity (Wildman–Crippen MR) is 78.8 cm³/mol. The largest absolute Gasteiger partial charge is 0.497 e. The lowest BCUT2D eigenvalue weighted by Gasteiger charge is -2.19. The van der Waals surface area contributed by atoms with E-state index in [2.05, 4.69) is 13.8 Å². The highest BCUT2D eigenvalue weighted by Crippen LogP contribution is 2.51. The third-order valence-electron chi connectivity index (χ3n) is 4.19. The summed E-state index contributed by atoms with van der Waals surface area (Å²) >= 11 is 0. The van der Waals surface area contributed by atoms with Crippen LogP contribution in [0, 0.1) is 11.3 Å². The van der Waals surface area contributed by atoms with Crippen LogP contribution >= 0.6 is 0 Å². The van der Waals surface area contributed by atoms with Gasteiger partial charge < -0.3 is 14.7 Å². The smallest absolute Gasteiger partial charge is 0.335 e. The van der Waals surface area contributed by atoms with E-state index in [4.69, 9.17) is 9.84 Å². The van der Waals surface area contributed by atoms with Crippen LogP contribution in [-0.4, -0.2) is 42.6 Å². The summed E-state index contributed by atoms with van der Waals surface area (Å²) < 4.78 is 5.07. The number of ether oxygens (including phenoxy) is 1. The van der Waals surface area contributed by atoms with E-state index in [0.29, 0.717) is 29.2 Å². The van der Waals surface area contributed by atoms with Gasteiger partial charge in [0.05, 0.1) is 12.7 Å². The van der Waals surface area contributed by atoms with Crippen molar-refractivity contribution in [3.63, 3.8) is 0 Å². The summed E-state index contributed by atoms with van der Waals surface area (Å²) in [6, 6.07) is 4.37. The molecule has 21 heavy (non-hydrogen) atoms. The Bertz CT molecular complexity index is 580. The van der Waals surface area contributed by atoms with Crippen LogP contribution in [0.1, 0.15) is 41.0 Å². The van der Waals surface area contributed by atoms with Crippen molar-refractivity contribution in [3.8, 4) is 5.75 Å². The van der Waals surface area contributed by atoms with Crippen molar-refractivity contribution in [2.45, 2.75) is 20.3 Å². The van der Waals surface area contributed by atoms with Gasteiger partial charge in [-0.15, -0.1) is 0 Å². The number of methoxy groups -OCH3 is 1. The summed E-state index contributed by atoms with van der Waals surface area (Å²) in [7, 11) is 3.20. The molecule has 2 rings (SSSR count). The lowest BCUT2D eigenvalue weighted by molar-refractivity contribution is 0.0696. The Kier molecular flexibility index (Phi) is 3.94. The van der Waals surface area contributed by atoms with Crippen LogP contribution in [0.2, 0.25) is 0 Å². The van der Waals surface area contributed by atoms with Gasteiger partial charge in [0, 0.05) is 19.2 Å². The average Bonchev–Trinajstić information content (AvgIpc) is 3.03. The van der Waals surface area contributed by atoms with Gasteiger partial charge in [0.15, 0.2) is 0 Å². The predicted octanol–water partition coefficient (Wildman–Crippen LogP) is 2.51. The number of amides is 1. The van der Waals surface area contributed by atoms with Crippen molar-refractivity contribution in [2.75, 3.05) is 20.7 Å². The number of carbonyl (C=O) groups is 2. The number of aromatic carboxylic acids is 1. The molecule has 1 N–H and O–H groups in total. The molecule has 1 aliphatic rings. The molecule has 1 fully saturated rings. The average molecular weight is 291 g/mol. The zero-order valence-electron chi connectivity index (χ0n) is 12.8. The molecular weight excluding hydrogens is 270 g/mol. The molecule has 0 radical (unpaired) electrons. The Hall–Kier alpha value is -2.04. The molecule has 1 aromatic rings. The fourth-order valence-corrected chi connectivity index (χ4v) is 2.49. The maximum Gasteiger partial charge on any atom is 0.335 e. The van der Waals surface area contributed by atoms with Crippen molar-refractivity contribution in [3.05, 3.63) is 29.3 Å². The second-order valence-corrected chi connectivity index (χ2v) is 6.33. The van der Waals surface area contributed by atoms with Crippen molar-refractivity contribution in [1.82, 2.24) is 4.90 Å². The van der Waals surface area contributed by atoms with Gasteiger partial charge in [-0.1, -0.05) is 13.8 Å². The Morgan fingerprint density at radius 2 is 1.90 bits per heavy atom. The first-order valence-electron chi connectivity index (χ1n) is 6.92. The standard InChI is InChI=1S/C16H21NO4/c1-16(2)8-12(16)9-17(3)14(18)10-5-11(15(19)20)7-13(6-10)21-4/h5-7,12H,8-9H2,1-4H3,(H,19,20). The highest BCUT2D eigenvalue weighted by Gasteiger charge is 2.46. The second kappa shape index (κ2) is 5.39. The van der Waals surface area contributed by atoms with Crippen LogP contribution in [-0.2, 0) is 0 Å². The van der Waals surface area contributed by atoms with Crippen LogP contribution in [0.4, 0.5) is 0 Å². The summed E-state index contributed by atoms with van der Waals surface area (Å²) in [5, 5.41) is 9.09. The van der Waals surface area contributed by atoms with E-state index >= 15 is 0 Å². The van der Waals surface area contributed by atoms with Crippen LogP contribution in [0.25, 0.3) is 0 Å². The Morgan fingerprint density at radius 3 is 2.38 bits per heavy atom.